The summed E-state index contributed by atoms with van der Waals surface area (Å²) >= 11 is 0. The molecule has 0 saturated heterocycles. The summed E-state index contributed by atoms with van der Waals surface area (Å²) in [5.74, 6) is -0.228. The van der Waals surface area contributed by atoms with Crippen molar-refractivity contribution >= 4 is 5.52 Å². The number of rotatable bonds is 3. The number of hydrogen-bond donors (Lipinski definition) is 1. The van der Waals surface area contributed by atoms with Crippen LogP contribution in [0.25, 0.3) is 5.52 Å². The topological polar surface area (TPSA) is 29.3 Å². The summed E-state index contributed by atoms with van der Waals surface area (Å²) in [6.07, 6.45) is 3.72. The van der Waals surface area contributed by atoms with Crippen LogP contribution in [0.15, 0.2) is 54.9 Å². The molecule has 2 heterocycles. The van der Waals surface area contributed by atoms with E-state index in [1.165, 1.54) is 6.07 Å². The van der Waals surface area contributed by atoms with E-state index >= 15 is 0 Å². The molecule has 1 N–H and O–H groups in total. The van der Waals surface area contributed by atoms with Crippen LogP contribution >= 0.6 is 0 Å². The van der Waals surface area contributed by atoms with Crippen molar-refractivity contribution in [3.8, 4) is 0 Å². The zero-order valence-corrected chi connectivity index (χ0v) is 10.5. The van der Waals surface area contributed by atoms with E-state index in [2.05, 4.69) is 10.4 Å². The molecule has 0 aliphatic heterocycles. The summed E-state index contributed by atoms with van der Waals surface area (Å²) in [6.45, 7) is 0. The van der Waals surface area contributed by atoms with Crippen LogP contribution in [-0.2, 0) is 0 Å². The van der Waals surface area contributed by atoms with Gasteiger partial charge >= 0.3 is 0 Å². The fraction of sp³-hybridized carbons (Fsp3) is 0.133. The van der Waals surface area contributed by atoms with Crippen LogP contribution in [0.3, 0.4) is 0 Å². The molecule has 0 bridgehead atoms. The van der Waals surface area contributed by atoms with E-state index in [9.17, 15) is 4.39 Å². The highest BCUT2D eigenvalue weighted by molar-refractivity contribution is 5.57. The van der Waals surface area contributed by atoms with Crippen molar-refractivity contribution in [3.63, 3.8) is 0 Å². The van der Waals surface area contributed by atoms with Gasteiger partial charge in [0.1, 0.15) is 5.82 Å². The molecule has 3 rings (SSSR count). The van der Waals surface area contributed by atoms with Crippen LogP contribution in [0, 0.1) is 5.82 Å². The second-order valence-corrected chi connectivity index (χ2v) is 4.41. The summed E-state index contributed by atoms with van der Waals surface area (Å²) in [4.78, 5) is 0. The maximum atomic E-state index is 13.4. The van der Waals surface area contributed by atoms with Gasteiger partial charge in [-0.1, -0.05) is 18.2 Å². The van der Waals surface area contributed by atoms with Crippen LogP contribution in [-0.4, -0.2) is 16.7 Å². The van der Waals surface area contributed by atoms with Gasteiger partial charge in [-0.25, -0.2) is 8.91 Å². The minimum Gasteiger partial charge on any atom is -0.309 e. The van der Waals surface area contributed by atoms with E-state index in [1.54, 1.807) is 12.1 Å². The van der Waals surface area contributed by atoms with Gasteiger partial charge in [0.15, 0.2) is 0 Å². The van der Waals surface area contributed by atoms with Crippen molar-refractivity contribution in [2.24, 2.45) is 0 Å². The molecule has 1 atom stereocenters. The predicted molar refractivity (Wildman–Crippen MR) is 72.5 cm³/mol. The highest BCUT2D eigenvalue weighted by Crippen LogP contribution is 2.25. The molecule has 3 aromatic rings. The minimum absolute atomic E-state index is 0.0735. The number of halogens is 1. The van der Waals surface area contributed by atoms with Crippen LogP contribution in [0.2, 0.25) is 0 Å². The van der Waals surface area contributed by atoms with Crippen LogP contribution in [0.1, 0.15) is 17.2 Å². The highest BCUT2D eigenvalue weighted by atomic mass is 19.1. The summed E-state index contributed by atoms with van der Waals surface area (Å²) < 4.78 is 15.2. The molecule has 0 aliphatic carbocycles. The van der Waals surface area contributed by atoms with Gasteiger partial charge in [0.25, 0.3) is 0 Å². The zero-order valence-electron chi connectivity index (χ0n) is 10.5. The summed E-state index contributed by atoms with van der Waals surface area (Å²) in [7, 11) is 1.86. The molecule has 0 amide bonds. The first-order valence-corrected chi connectivity index (χ1v) is 6.14. The van der Waals surface area contributed by atoms with E-state index < -0.39 is 0 Å². The first-order chi connectivity index (χ1) is 9.29. The third kappa shape index (κ3) is 2.11. The molecule has 0 saturated carbocycles. The third-order valence-corrected chi connectivity index (χ3v) is 3.24. The predicted octanol–water partition coefficient (Wildman–Crippen LogP) is 2.78. The number of aromatic nitrogens is 2. The lowest BCUT2D eigenvalue weighted by Crippen LogP contribution is -2.17. The molecule has 0 fully saturated rings. The Kier molecular flexibility index (Phi) is 3.01. The smallest absolute Gasteiger partial charge is 0.123 e. The Bertz CT molecular complexity index is 705. The number of nitrogens with one attached hydrogen (secondary N) is 1. The summed E-state index contributed by atoms with van der Waals surface area (Å²) in [6, 6.07) is 12.5. The van der Waals surface area contributed by atoms with Gasteiger partial charge in [-0.15, -0.1) is 0 Å². The number of hydrogen-bond acceptors (Lipinski definition) is 2. The quantitative estimate of drug-likeness (QED) is 0.779. The largest absolute Gasteiger partial charge is 0.309 e. The lowest BCUT2D eigenvalue weighted by atomic mass is 10.00. The number of pyridine rings is 1. The Morgan fingerprint density at radius 3 is 2.89 bits per heavy atom. The molecule has 1 aromatic carbocycles. The maximum absolute atomic E-state index is 13.4. The van der Waals surface area contributed by atoms with E-state index in [-0.39, 0.29) is 11.9 Å². The van der Waals surface area contributed by atoms with Gasteiger partial charge in [-0.2, -0.15) is 5.10 Å². The molecule has 2 aromatic heterocycles. The van der Waals surface area contributed by atoms with Crippen molar-refractivity contribution in [1.29, 1.82) is 0 Å². The van der Waals surface area contributed by atoms with E-state index in [4.69, 9.17) is 0 Å². The molecule has 1 unspecified atom stereocenters. The van der Waals surface area contributed by atoms with Crippen LogP contribution < -0.4 is 5.32 Å². The van der Waals surface area contributed by atoms with Crippen molar-refractivity contribution in [2.45, 2.75) is 6.04 Å². The van der Waals surface area contributed by atoms with E-state index in [1.807, 2.05) is 48.2 Å². The lowest BCUT2D eigenvalue weighted by Gasteiger charge is -2.15. The molecule has 96 valence electrons. The molecular weight excluding hydrogens is 241 g/mol. The monoisotopic (exact) mass is 255 g/mol. The summed E-state index contributed by atoms with van der Waals surface area (Å²) in [5.41, 5.74) is 2.95. The van der Waals surface area contributed by atoms with Gasteiger partial charge < -0.3 is 5.32 Å². The van der Waals surface area contributed by atoms with Crippen LogP contribution in [0.5, 0.6) is 0 Å². The standard InChI is InChI=1S/C15H14FN3/c1-17-15(11-5-4-6-12(16)9-11)13-10-18-19-8-3-2-7-14(13)19/h2-10,15,17H,1H3. The molecular formula is C15H14FN3. The number of benzene rings is 1. The fourth-order valence-corrected chi connectivity index (χ4v) is 2.36. The Labute approximate surface area is 110 Å². The van der Waals surface area contributed by atoms with Gasteiger partial charge in [0, 0.05) is 11.8 Å². The number of nitrogens with zero attached hydrogens (tertiary/aromatic N) is 2. The number of fused-ring (bicyclic) bond motifs is 1. The maximum Gasteiger partial charge on any atom is 0.123 e. The second kappa shape index (κ2) is 4.82. The van der Waals surface area contributed by atoms with Gasteiger partial charge in [0.2, 0.25) is 0 Å². The minimum atomic E-state index is -0.228. The van der Waals surface area contributed by atoms with Crippen molar-refractivity contribution in [3.05, 3.63) is 71.8 Å². The Balaban J connectivity index is 2.12. The third-order valence-electron chi connectivity index (χ3n) is 3.24. The highest BCUT2D eigenvalue weighted by Gasteiger charge is 2.16. The Morgan fingerprint density at radius 1 is 1.21 bits per heavy atom. The Hall–Kier alpha value is -2.20. The zero-order chi connectivity index (χ0) is 13.2. The first kappa shape index (κ1) is 11.9. The van der Waals surface area contributed by atoms with E-state index in [0.29, 0.717) is 0 Å². The molecule has 0 radical (unpaired) electrons. The van der Waals surface area contributed by atoms with Crippen LogP contribution in [0.4, 0.5) is 4.39 Å². The molecule has 19 heavy (non-hydrogen) atoms. The van der Waals surface area contributed by atoms with Crippen molar-refractivity contribution < 1.29 is 4.39 Å². The SMILES string of the molecule is CNC(c1cccc(F)c1)c1cnn2ccccc12. The molecule has 3 nitrogen and oxygen atoms in total. The van der Waals surface area contributed by atoms with Crippen molar-refractivity contribution in [1.82, 2.24) is 14.9 Å². The normalized spacial score (nSPS) is 12.7. The molecule has 0 aliphatic rings. The van der Waals surface area contributed by atoms with Gasteiger partial charge in [-0.05, 0) is 36.9 Å². The average Bonchev–Trinajstić information content (AvgIpc) is 2.84. The summed E-state index contributed by atoms with van der Waals surface area (Å²) in [5, 5.41) is 7.54. The molecule has 0 spiro atoms. The van der Waals surface area contributed by atoms with E-state index in [0.717, 1.165) is 16.6 Å². The first-order valence-electron chi connectivity index (χ1n) is 6.14. The fourth-order valence-electron chi connectivity index (χ4n) is 2.36. The van der Waals surface area contributed by atoms with Gasteiger partial charge in [0.05, 0.1) is 17.8 Å². The van der Waals surface area contributed by atoms with Crippen molar-refractivity contribution in [2.75, 3.05) is 7.05 Å². The molecule has 4 heteroatoms. The second-order valence-electron chi connectivity index (χ2n) is 4.41. The lowest BCUT2D eigenvalue weighted by molar-refractivity contribution is 0.617. The van der Waals surface area contributed by atoms with Gasteiger partial charge in [-0.3, -0.25) is 0 Å². The average molecular weight is 255 g/mol. The Morgan fingerprint density at radius 2 is 2.11 bits per heavy atom.